The molecule has 0 saturated carbocycles. The Morgan fingerprint density at radius 1 is 0.667 bits per heavy atom. The van der Waals surface area contributed by atoms with Gasteiger partial charge >= 0.3 is 0 Å². The molecular weight excluding hydrogens is 532 g/mol. The number of rotatable bonds is 4. The van der Waals surface area contributed by atoms with Gasteiger partial charge < -0.3 is 10.2 Å². The minimum absolute atomic E-state index is 0.231. The Labute approximate surface area is 157 Å². The molecule has 21 heavy (non-hydrogen) atoms. The number of benzene rings is 2. The Morgan fingerprint density at radius 2 is 1.05 bits per heavy atom. The smallest absolute Gasteiger partial charge is 0.144 e. The number of hydrogen-bond acceptors (Lipinski definition) is 2. The van der Waals surface area contributed by atoms with Crippen molar-refractivity contribution in [3.63, 3.8) is 0 Å². The van der Waals surface area contributed by atoms with E-state index in [1.165, 1.54) is 0 Å². The van der Waals surface area contributed by atoms with Crippen molar-refractivity contribution in [1.82, 2.24) is 0 Å². The quantitative estimate of drug-likeness (QED) is 0.474. The van der Waals surface area contributed by atoms with Crippen molar-refractivity contribution in [3.8, 4) is 11.5 Å². The molecule has 0 aromatic heterocycles. The zero-order valence-corrected chi connectivity index (χ0v) is 17.2. The van der Waals surface area contributed by atoms with Gasteiger partial charge in [-0.15, -0.1) is 0 Å². The lowest BCUT2D eigenvalue weighted by molar-refractivity contribution is 0.467. The highest BCUT2D eigenvalue weighted by molar-refractivity contribution is 9.11. The Balaban J connectivity index is 2.06. The second-order valence-electron chi connectivity index (χ2n) is 4.59. The van der Waals surface area contributed by atoms with Crippen LogP contribution in [-0.2, 0) is 12.8 Å². The van der Waals surface area contributed by atoms with Crippen molar-refractivity contribution >= 4 is 63.7 Å². The van der Waals surface area contributed by atoms with E-state index in [4.69, 9.17) is 0 Å². The van der Waals surface area contributed by atoms with Crippen LogP contribution in [0.15, 0.2) is 42.2 Å². The van der Waals surface area contributed by atoms with Crippen LogP contribution in [0.2, 0.25) is 0 Å². The molecule has 0 bridgehead atoms. The first-order chi connectivity index (χ1) is 9.91. The fraction of sp³-hybridized carbons (Fsp3) is 0.200. The van der Waals surface area contributed by atoms with Gasteiger partial charge in [0.2, 0.25) is 0 Å². The molecule has 0 radical (unpaired) electrons. The molecule has 2 aromatic rings. The lowest BCUT2D eigenvalue weighted by Gasteiger charge is -2.10. The number of phenolic OH excluding ortho intramolecular Hbond substituents is 2. The van der Waals surface area contributed by atoms with Gasteiger partial charge in [-0.25, -0.2) is 0 Å². The molecule has 2 aromatic carbocycles. The Bertz CT molecular complexity index is 614. The molecule has 0 amide bonds. The number of halogens is 4. The molecule has 0 aliphatic heterocycles. The zero-order chi connectivity index (χ0) is 15.6. The van der Waals surface area contributed by atoms with Crippen LogP contribution in [-0.4, -0.2) is 10.2 Å². The molecule has 0 aliphatic rings. The number of phenols is 2. The van der Waals surface area contributed by atoms with Crippen molar-refractivity contribution < 1.29 is 10.2 Å². The van der Waals surface area contributed by atoms with E-state index < -0.39 is 0 Å². The van der Waals surface area contributed by atoms with Gasteiger partial charge in [-0.1, -0.05) is 12.1 Å². The Morgan fingerprint density at radius 3 is 1.43 bits per heavy atom. The van der Waals surface area contributed by atoms with E-state index >= 15 is 0 Å². The lowest BCUT2D eigenvalue weighted by atomic mass is 10.0. The number of aryl methyl sites for hydroxylation is 2. The second kappa shape index (κ2) is 7.49. The first-order valence-corrected chi connectivity index (χ1v) is 9.40. The maximum absolute atomic E-state index is 9.88. The summed E-state index contributed by atoms with van der Waals surface area (Å²) in [5.41, 5.74) is 2.13. The van der Waals surface area contributed by atoms with Crippen molar-refractivity contribution in [2.75, 3.05) is 0 Å². The maximum Gasteiger partial charge on any atom is 0.144 e. The van der Waals surface area contributed by atoms with Gasteiger partial charge in [-0.2, -0.15) is 0 Å². The van der Waals surface area contributed by atoms with E-state index in [0.29, 0.717) is 8.95 Å². The van der Waals surface area contributed by atoms with E-state index in [1.54, 1.807) is 0 Å². The summed E-state index contributed by atoms with van der Waals surface area (Å²) in [5.74, 6) is 0.463. The molecule has 0 spiro atoms. The summed E-state index contributed by atoms with van der Waals surface area (Å²) in [6.07, 6.45) is 2.59. The Hall–Kier alpha value is -0.0400. The zero-order valence-electron chi connectivity index (χ0n) is 10.8. The van der Waals surface area contributed by atoms with Crippen LogP contribution in [0.1, 0.15) is 17.5 Å². The predicted octanol–water partition coefficient (Wildman–Crippen LogP) is 6.32. The highest BCUT2D eigenvalue weighted by Gasteiger charge is 2.11. The van der Waals surface area contributed by atoms with Crippen LogP contribution in [0.5, 0.6) is 11.5 Å². The van der Waals surface area contributed by atoms with Crippen LogP contribution in [0.4, 0.5) is 0 Å². The van der Waals surface area contributed by atoms with Crippen LogP contribution >= 0.6 is 63.7 Å². The highest BCUT2D eigenvalue weighted by atomic mass is 79.9. The van der Waals surface area contributed by atoms with Crippen molar-refractivity contribution in [1.29, 1.82) is 0 Å². The first-order valence-electron chi connectivity index (χ1n) is 6.23. The Kier molecular flexibility index (Phi) is 6.17. The third-order valence-corrected chi connectivity index (χ3v) is 6.24. The third-order valence-electron chi connectivity index (χ3n) is 3.19. The molecule has 0 unspecified atom stereocenters. The number of hydrogen-bond donors (Lipinski definition) is 2. The lowest BCUT2D eigenvalue weighted by Crippen LogP contribution is -1.93. The average molecular weight is 544 g/mol. The van der Waals surface area contributed by atoms with E-state index in [-0.39, 0.29) is 11.5 Å². The molecule has 0 fully saturated rings. The predicted molar refractivity (Wildman–Crippen MR) is 99.0 cm³/mol. The van der Waals surface area contributed by atoms with Gasteiger partial charge in [0, 0.05) is 0 Å². The van der Waals surface area contributed by atoms with Crippen molar-refractivity contribution in [2.45, 2.75) is 19.3 Å². The van der Waals surface area contributed by atoms with Gasteiger partial charge in [0.05, 0.1) is 17.9 Å². The second-order valence-corrected chi connectivity index (χ2v) is 7.89. The third kappa shape index (κ3) is 4.03. The van der Waals surface area contributed by atoms with Gasteiger partial charge in [-0.05, 0) is 106 Å². The van der Waals surface area contributed by atoms with Crippen molar-refractivity contribution in [3.05, 3.63) is 53.3 Å². The summed E-state index contributed by atoms with van der Waals surface area (Å²) in [6.45, 7) is 0. The summed E-state index contributed by atoms with van der Waals surface area (Å²) < 4.78 is 2.82. The van der Waals surface area contributed by atoms with Gasteiger partial charge in [0.1, 0.15) is 11.5 Å². The van der Waals surface area contributed by atoms with E-state index in [2.05, 4.69) is 63.7 Å². The maximum atomic E-state index is 9.88. The van der Waals surface area contributed by atoms with Crippen LogP contribution < -0.4 is 0 Å². The summed E-state index contributed by atoms with van der Waals surface area (Å²) in [7, 11) is 0. The topological polar surface area (TPSA) is 40.5 Å². The average Bonchev–Trinajstić information content (AvgIpc) is 2.47. The molecule has 6 heteroatoms. The standard InChI is InChI=1S/C15H12Br4O2/c16-10-6-4-8(12(18)14(10)20)2-1-3-9-5-7-11(17)15(21)13(9)19/h4-7,20-21H,1-3H2. The minimum Gasteiger partial charge on any atom is -0.506 e. The molecule has 112 valence electrons. The van der Waals surface area contributed by atoms with Crippen LogP contribution in [0.25, 0.3) is 0 Å². The van der Waals surface area contributed by atoms with E-state index in [9.17, 15) is 10.2 Å². The molecule has 0 heterocycles. The fourth-order valence-corrected chi connectivity index (χ4v) is 4.30. The van der Waals surface area contributed by atoms with E-state index in [1.807, 2.05) is 24.3 Å². The summed E-state index contributed by atoms with van der Waals surface area (Å²) in [4.78, 5) is 0. The fourth-order valence-electron chi connectivity index (χ4n) is 2.02. The number of aromatic hydroxyl groups is 2. The molecule has 0 atom stereocenters. The van der Waals surface area contributed by atoms with Gasteiger partial charge in [0.25, 0.3) is 0 Å². The highest BCUT2D eigenvalue weighted by Crippen LogP contribution is 2.37. The summed E-state index contributed by atoms with van der Waals surface area (Å²) in [6, 6.07) is 7.66. The van der Waals surface area contributed by atoms with Gasteiger partial charge in [0.15, 0.2) is 0 Å². The van der Waals surface area contributed by atoms with Gasteiger partial charge in [-0.3, -0.25) is 0 Å². The van der Waals surface area contributed by atoms with Crippen LogP contribution in [0, 0.1) is 0 Å². The molecule has 2 nitrogen and oxygen atoms in total. The van der Waals surface area contributed by atoms with Crippen molar-refractivity contribution in [2.24, 2.45) is 0 Å². The molecule has 0 saturated heterocycles. The largest absolute Gasteiger partial charge is 0.506 e. The van der Waals surface area contributed by atoms with Crippen LogP contribution in [0.3, 0.4) is 0 Å². The molecule has 2 rings (SSSR count). The first kappa shape index (κ1) is 17.3. The minimum atomic E-state index is 0.231. The molecular formula is C15H12Br4O2. The molecule has 0 aliphatic carbocycles. The normalized spacial score (nSPS) is 10.9. The SMILES string of the molecule is Oc1c(Br)ccc(CCCc2ccc(Br)c(O)c2Br)c1Br. The molecule has 2 N–H and O–H groups in total. The summed E-state index contributed by atoms with van der Waals surface area (Å²) >= 11 is 13.4. The monoisotopic (exact) mass is 540 g/mol. The van der Waals surface area contributed by atoms with E-state index in [0.717, 1.165) is 39.3 Å². The summed E-state index contributed by atoms with van der Waals surface area (Å²) in [5, 5.41) is 19.8.